The Morgan fingerprint density at radius 3 is 2.32 bits per heavy atom. The minimum Gasteiger partial charge on any atom is -0.338 e. The van der Waals surface area contributed by atoms with Gasteiger partial charge in [0.05, 0.1) is 21.5 Å². The molecule has 0 fully saturated rings. The Bertz CT molecular complexity index is 1680. The summed E-state index contributed by atoms with van der Waals surface area (Å²) < 4.78 is 29.1. The van der Waals surface area contributed by atoms with Crippen molar-refractivity contribution in [2.45, 2.75) is 23.7 Å². The lowest BCUT2D eigenvalue weighted by atomic mass is 9.72. The van der Waals surface area contributed by atoms with Crippen LogP contribution in [0.1, 0.15) is 27.3 Å². The van der Waals surface area contributed by atoms with Gasteiger partial charge in [-0.3, -0.25) is 4.98 Å². The van der Waals surface area contributed by atoms with Crippen molar-refractivity contribution >= 4 is 38.9 Å². The molecule has 1 aliphatic rings. The summed E-state index contributed by atoms with van der Waals surface area (Å²) >= 11 is 1.56. The smallest absolute Gasteiger partial charge is 0.283 e. The molecule has 6 rings (SSSR count). The van der Waals surface area contributed by atoms with Crippen LogP contribution in [-0.4, -0.2) is 22.6 Å². The van der Waals surface area contributed by atoms with Crippen molar-refractivity contribution in [3.63, 3.8) is 0 Å². The van der Waals surface area contributed by atoms with E-state index in [1.54, 1.807) is 35.6 Å². The summed E-state index contributed by atoms with van der Waals surface area (Å²) in [6.45, 7) is 1.93. The van der Waals surface area contributed by atoms with Crippen LogP contribution in [0.25, 0.3) is 6.08 Å². The van der Waals surface area contributed by atoms with Crippen molar-refractivity contribution in [3.8, 4) is 0 Å². The van der Waals surface area contributed by atoms with E-state index in [9.17, 15) is 8.42 Å². The van der Waals surface area contributed by atoms with Crippen molar-refractivity contribution < 1.29 is 8.42 Å². The maximum absolute atomic E-state index is 14.0. The fourth-order valence-electron chi connectivity index (χ4n) is 4.77. The monoisotopic (exact) mass is 524 g/mol. The van der Waals surface area contributed by atoms with Crippen LogP contribution in [-0.2, 0) is 21.9 Å². The van der Waals surface area contributed by atoms with E-state index in [1.165, 1.54) is 4.09 Å². The first-order valence-electron chi connectivity index (χ1n) is 11.9. The van der Waals surface area contributed by atoms with Gasteiger partial charge in [-0.15, -0.1) is 16.4 Å². The molecule has 0 saturated heterocycles. The number of hydrogen-bond donors (Lipinski definition) is 1. The van der Waals surface area contributed by atoms with E-state index in [0.717, 1.165) is 27.3 Å². The molecule has 0 aliphatic heterocycles. The highest BCUT2D eigenvalue weighted by atomic mass is 32.2. The van der Waals surface area contributed by atoms with E-state index in [-0.39, 0.29) is 4.90 Å². The van der Waals surface area contributed by atoms with Crippen molar-refractivity contribution in [1.82, 2.24) is 14.2 Å². The third-order valence-electron chi connectivity index (χ3n) is 6.71. The molecule has 0 spiro atoms. The number of aryl methyl sites for hydroxylation is 1. The number of rotatable bonds is 6. The first-order chi connectivity index (χ1) is 18.0. The summed E-state index contributed by atoms with van der Waals surface area (Å²) in [5.74, 6) is 0.499. The number of allylic oxidation sites excluding steroid dienone is 1. The molecule has 37 heavy (non-hydrogen) atoms. The van der Waals surface area contributed by atoms with E-state index < -0.39 is 15.4 Å². The predicted molar refractivity (Wildman–Crippen MR) is 148 cm³/mol. The topological polar surface area (TPSA) is 76.9 Å². The molecule has 1 aliphatic carbocycles. The van der Waals surface area contributed by atoms with E-state index in [2.05, 4.69) is 33.6 Å². The molecule has 1 N–H and O–H groups in total. The Morgan fingerprint density at radius 1 is 0.946 bits per heavy atom. The van der Waals surface area contributed by atoms with Gasteiger partial charge >= 0.3 is 0 Å². The quantitative estimate of drug-likeness (QED) is 0.287. The lowest BCUT2D eigenvalue weighted by molar-refractivity contribution is 0.567. The SMILES string of the molecule is Cc1ccc(S(=O)(=O)n2nc(Nc3ccccc3)c3c2CC(c2ccccc2)(c2cncs2)C=C3)cc1. The van der Waals surface area contributed by atoms with E-state index >= 15 is 0 Å². The number of benzene rings is 3. The first kappa shape index (κ1) is 23.4. The average molecular weight is 525 g/mol. The van der Waals surface area contributed by atoms with Gasteiger partial charge in [-0.05, 0) is 36.8 Å². The summed E-state index contributed by atoms with van der Waals surface area (Å²) in [5.41, 5.74) is 5.52. The summed E-state index contributed by atoms with van der Waals surface area (Å²) in [5, 5.41) is 7.98. The highest BCUT2D eigenvalue weighted by Crippen LogP contribution is 2.45. The predicted octanol–water partition coefficient (Wildman–Crippen LogP) is 6.18. The van der Waals surface area contributed by atoms with Crippen LogP contribution < -0.4 is 5.32 Å². The molecule has 1 unspecified atom stereocenters. The zero-order valence-corrected chi connectivity index (χ0v) is 21.7. The third-order valence-corrected chi connectivity index (χ3v) is 9.29. The van der Waals surface area contributed by atoms with Gasteiger partial charge < -0.3 is 5.32 Å². The lowest BCUT2D eigenvalue weighted by Gasteiger charge is -2.33. The molecular formula is C29H24N4O2S2. The molecule has 3 aromatic carbocycles. The van der Waals surface area contributed by atoms with Crippen LogP contribution in [0.15, 0.2) is 108 Å². The molecule has 2 aromatic heterocycles. The molecule has 2 heterocycles. The van der Waals surface area contributed by atoms with Crippen LogP contribution in [0.4, 0.5) is 11.5 Å². The second-order valence-electron chi connectivity index (χ2n) is 9.07. The normalized spacial score (nSPS) is 16.9. The van der Waals surface area contributed by atoms with Crippen molar-refractivity contribution in [3.05, 3.63) is 130 Å². The number of aromatic nitrogens is 3. The van der Waals surface area contributed by atoms with Crippen LogP contribution in [0.3, 0.4) is 0 Å². The van der Waals surface area contributed by atoms with E-state index in [1.807, 2.05) is 73.2 Å². The Hall–Kier alpha value is -4.01. The summed E-state index contributed by atoms with van der Waals surface area (Å²) in [4.78, 5) is 5.59. The Labute approximate surface area is 220 Å². The van der Waals surface area contributed by atoms with Gasteiger partial charge in [0, 0.05) is 28.7 Å². The molecule has 0 bridgehead atoms. The summed E-state index contributed by atoms with van der Waals surface area (Å²) in [6, 6.07) is 26.7. The van der Waals surface area contributed by atoms with Gasteiger partial charge in [-0.25, -0.2) is 0 Å². The molecule has 0 radical (unpaired) electrons. The van der Waals surface area contributed by atoms with Crippen LogP contribution in [0.5, 0.6) is 0 Å². The first-order valence-corrected chi connectivity index (χ1v) is 14.2. The fourth-order valence-corrected chi connectivity index (χ4v) is 6.92. The molecule has 6 nitrogen and oxygen atoms in total. The van der Waals surface area contributed by atoms with Gasteiger partial charge in [-0.2, -0.15) is 12.5 Å². The number of anilines is 2. The maximum atomic E-state index is 14.0. The van der Waals surface area contributed by atoms with E-state index in [0.29, 0.717) is 17.9 Å². The average Bonchev–Trinajstić information content (AvgIpc) is 3.59. The zero-order valence-electron chi connectivity index (χ0n) is 20.1. The number of para-hydroxylation sites is 1. The second-order valence-corrected chi connectivity index (χ2v) is 11.7. The van der Waals surface area contributed by atoms with Crippen molar-refractivity contribution in [1.29, 1.82) is 0 Å². The number of nitrogens with one attached hydrogen (secondary N) is 1. The minimum absolute atomic E-state index is 0.201. The highest BCUT2D eigenvalue weighted by Gasteiger charge is 2.40. The number of fused-ring (bicyclic) bond motifs is 1. The molecule has 5 aromatic rings. The van der Waals surface area contributed by atoms with Crippen LogP contribution >= 0.6 is 11.3 Å². The minimum atomic E-state index is -3.95. The zero-order chi connectivity index (χ0) is 25.5. The molecule has 1 atom stereocenters. The molecule has 0 saturated carbocycles. The van der Waals surface area contributed by atoms with Gasteiger partial charge in [0.15, 0.2) is 5.82 Å². The standard InChI is InChI=1S/C29H24N4O2S2/c1-21-12-14-24(15-13-21)37(34,35)33-26-18-29(27-19-30-20-36-27,22-8-4-2-5-9-22)17-16-25(26)28(32-33)31-23-10-6-3-7-11-23/h2-17,19-20H,18H2,1H3,(H,31,32). The number of thiazole rings is 1. The number of nitrogens with zero attached hydrogens (tertiary/aromatic N) is 3. The Balaban J connectivity index is 1.56. The number of hydrogen-bond acceptors (Lipinski definition) is 6. The fraction of sp³-hybridized carbons (Fsp3) is 0.103. The van der Waals surface area contributed by atoms with Crippen molar-refractivity contribution in [2.24, 2.45) is 0 Å². The van der Waals surface area contributed by atoms with Gasteiger partial charge in [0.2, 0.25) is 0 Å². The highest BCUT2D eigenvalue weighted by molar-refractivity contribution is 7.89. The van der Waals surface area contributed by atoms with Crippen LogP contribution in [0.2, 0.25) is 0 Å². The summed E-state index contributed by atoms with van der Waals surface area (Å²) in [7, 11) is -3.95. The van der Waals surface area contributed by atoms with Gasteiger partial charge in [0.1, 0.15) is 0 Å². The van der Waals surface area contributed by atoms with Gasteiger partial charge in [-0.1, -0.05) is 78.4 Å². The molecule has 0 amide bonds. The second kappa shape index (κ2) is 9.14. The molecule has 184 valence electrons. The lowest BCUT2D eigenvalue weighted by Crippen LogP contribution is -2.32. The maximum Gasteiger partial charge on any atom is 0.283 e. The van der Waals surface area contributed by atoms with Crippen molar-refractivity contribution in [2.75, 3.05) is 5.32 Å². The molecular weight excluding hydrogens is 500 g/mol. The van der Waals surface area contributed by atoms with Gasteiger partial charge in [0.25, 0.3) is 10.0 Å². The third kappa shape index (κ3) is 4.08. The Kier molecular flexibility index (Phi) is 5.78. The van der Waals surface area contributed by atoms with Crippen LogP contribution in [0, 0.1) is 6.92 Å². The summed E-state index contributed by atoms with van der Waals surface area (Å²) in [6.07, 6.45) is 6.43. The Morgan fingerprint density at radius 2 is 1.65 bits per heavy atom. The van der Waals surface area contributed by atoms with E-state index in [4.69, 9.17) is 0 Å². The largest absolute Gasteiger partial charge is 0.338 e. The molecule has 8 heteroatoms.